The Labute approximate surface area is 130 Å². The molecule has 0 N–H and O–H groups in total. The van der Waals surface area contributed by atoms with Crippen molar-refractivity contribution in [1.29, 1.82) is 0 Å². The smallest absolute Gasteiger partial charge is 0.119 e. The molecule has 0 atom stereocenters. The number of rotatable bonds is 7. The molecule has 114 valence electrons. The third-order valence-corrected chi connectivity index (χ3v) is 3.58. The topological polar surface area (TPSA) is 9.23 Å². The molecule has 0 radical (unpaired) electrons. The summed E-state index contributed by atoms with van der Waals surface area (Å²) in [6.07, 6.45) is 9.69. The van der Waals surface area contributed by atoms with E-state index in [9.17, 15) is 0 Å². The van der Waals surface area contributed by atoms with Crippen LogP contribution in [-0.2, 0) is 0 Å². The fourth-order valence-electron chi connectivity index (χ4n) is 2.58. The van der Waals surface area contributed by atoms with Gasteiger partial charge in [-0.1, -0.05) is 45.1 Å². The molecular formula is C20H28O. The summed E-state index contributed by atoms with van der Waals surface area (Å²) in [7, 11) is 1.71. The molecule has 0 aromatic heterocycles. The van der Waals surface area contributed by atoms with Gasteiger partial charge in [0.05, 0.1) is 7.11 Å². The summed E-state index contributed by atoms with van der Waals surface area (Å²) in [5.41, 5.74) is 6.21. The van der Waals surface area contributed by atoms with E-state index in [1.165, 1.54) is 27.8 Å². The van der Waals surface area contributed by atoms with Crippen molar-refractivity contribution in [2.45, 2.75) is 47.0 Å². The standard InChI is InChI=1S/C20H28O/c1-7-9-10-12-19(15(3)11-8-2)20-16(4)13-18(21-6)14-17(20)5/h9-10,12-14H,3,7-8,11H2,1-2,4-6H3. The van der Waals surface area contributed by atoms with Crippen molar-refractivity contribution >= 4 is 5.57 Å². The number of hydrogen-bond acceptors (Lipinski definition) is 1. The maximum absolute atomic E-state index is 5.36. The van der Waals surface area contributed by atoms with Crippen LogP contribution >= 0.6 is 0 Å². The maximum atomic E-state index is 5.36. The Balaban J connectivity index is 3.35. The second-order valence-electron chi connectivity index (χ2n) is 5.41. The van der Waals surface area contributed by atoms with Crippen LogP contribution < -0.4 is 4.74 Å². The van der Waals surface area contributed by atoms with E-state index in [-0.39, 0.29) is 0 Å². The van der Waals surface area contributed by atoms with Crippen LogP contribution in [0, 0.1) is 13.8 Å². The highest BCUT2D eigenvalue weighted by Gasteiger charge is 2.12. The van der Waals surface area contributed by atoms with Gasteiger partial charge in [0.1, 0.15) is 5.75 Å². The predicted octanol–water partition coefficient (Wildman–Crippen LogP) is 6.02. The van der Waals surface area contributed by atoms with Gasteiger partial charge in [-0.3, -0.25) is 0 Å². The Kier molecular flexibility index (Phi) is 7.01. The normalized spacial score (nSPS) is 12.0. The lowest BCUT2D eigenvalue weighted by Crippen LogP contribution is -1.98. The molecule has 0 spiro atoms. The van der Waals surface area contributed by atoms with Gasteiger partial charge in [-0.05, 0) is 66.7 Å². The molecule has 0 aliphatic heterocycles. The summed E-state index contributed by atoms with van der Waals surface area (Å²) in [6.45, 7) is 12.9. The Morgan fingerprint density at radius 2 is 1.81 bits per heavy atom. The van der Waals surface area contributed by atoms with E-state index >= 15 is 0 Å². The number of benzene rings is 1. The van der Waals surface area contributed by atoms with Gasteiger partial charge < -0.3 is 4.74 Å². The lowest BCUT2D eigenvalue weighted by Gasteiger charge is -2.17. The highest BCUT2D eigenvalue weighted by atomic mass is 16.5. The van der Waals surface area contributed by atoms with Crippen LogP contribution in [0.3, 0.4) is 0 Å². The maximum Gasteiger partial charge on any atom is 0.119 e. The van der Waals surface area contributed by atoms with Crippen LogP contribution in [0.2, 0.25) is 0 Å². The highest BCUT2D eigenvalue weighted by Crippen LogP contribution is 2.33. The minimum atomic E-state index is 0.915. The van der Waals surface area contributed by atoms with Crippen molar-refractivity contribution in [3.05, 3.63) is 59.2 Å². The number of aryl methyl sites for hydroxylation is 2. The van der Waals surface area contributed by atoms with Crippen molar-refractivity contribution < 1.29 is 4.74 Å². The molecule has 1 heteroatoms. The van der Waals surface area contributed by atoms with E-state index in [0.717, 1.165) is 25.0 Å². The zero-order valence-corrected chi connectivity index (χ0v) is 14.1. The summed E-state index contributed by atoms with van der Waals surface area (Å²) >= 11 is 0. The molecule has 0 bridgehead atoms. The van der Waals surface area contributed by atoms with Gasteiger partial charge in [-0.15, -0.1) is 0 Å². The second kappa shape index (κ2) is 8.51. The van der Waals surface area contributed by atoms with Crippen molar-refractivity contribution in [3.63, 3.8) is 0 Å². The molecule has 1 rings (SSSR count). The molecule has 21 heavy (non-hydrogen) atoms. The molecule has 0 heterocycles. The van der Waals surface area contributed by atoms with Gasteiger partial charge in [0.2, 0.25) is 0 Å². The quantitative estimate of drug-likeness (QED) is 0.556. The first-order valence-electron chi connectivity index (χ1n) is 7.75. The van der Waals surface area contributed by atoms with Gasteiger partial charge in [0, 0.05) is 0 Å². The fourth-order valence-corrected chi connectivity index (χ4v) is 2.58. The molecule has 0 unspecified atom stereocenters. The van der Waals surface area contributed by atoms with Crippen LogP contribution in [-0.4, -0.2) is 7.11 Å². The first kappa shape index (κ1) is 17.3. The van der Waals surface area contributed by atoms with Crippen LogP contribution in [0.25, 0.3) is 5.57 Å². The monoisotopic (exact) mass is 284 g/mol. The van der Waals surface area contributed by atoms with E-state index in [4.69, 9.17) is 4.74 Å². The number of allylic oxidation sites excluding steroid dienone is 5. The van der Waals surface area contributed by atoms with Gasteiger partial charge in [0.15, 0.2) is 0 Å². The highest BCUT2D eigenvalue weighted by molar-refractivity contribution is 5.83. The summed E-state index contributed by atoms with van der Waals surface area (Å²) < 4.78 is 5.36. The summed E-state index contributed by atoms with van der Waals surface area (Å²) in [4.78, 5) is 0. The van der Waals surface area contributed by atoms with Gasteiger partial charge in [0.25, 0.3) is 0 Å². The zero-order valence-electron chi connectivity index (χ0n) is 14.1. The van der Waals surface area contributed by atoms with Gasteiger partial charge in [-0.2, -0.15) is 0 Å². The number of hydrogen-bond donors (Lipinski definition) is 0. The molecule has 0 saturated carbocycles. The van der Waals surface area contributed by atoms with Gasteiger partial charge in [-0.25, -0.2) is 0 Å². The molecule has 1 aromatic rings. The third-order valence-electron chi connectivity index (χ3n) is 3.58. The van der Waals surface area contributed by atoms with E-state index in [1.807, 2.05) is 0 Å². The number of methoxy groups -OCH3 is 1. The Morgan fingerprint density at radius 1 is 1.19 bits per heavy atom. The first-order chi connectivity index (χ1) is 10.0. The third kappa shape index (κ3) is 4.63. The summed E-state index contributed by atoms with van der Waals surface area (Å²) in [5, 5.41) is 0. The van der Waals surface area contributed by atoms with E-state index in [2.05, 4.69) is 64.6 Å². The van der Waals surface area contributed by atoms with Crippen molar-refractivity contribution in [3.8, 4) is 5.75 Å². The molecule has 0 amide bonds. The first-order valence-corrected chi connectivity index (χ1v) is 7.75. The summed E-state index contributed by atoms with van der Waals surface area (Å²) in [6, 6.07) is 4.19. The lowest BCUT2D eigenvalue weighted by molar-refractivity contribution is 0.414. The minimum Gasteiger partial charge on any atom is -0.497 e. The Morgan fingerprint density at radius 3 is 2.29 bits per heavy atom. The van der Waals surface area contributed by atoms with Crippen LogP contribution in [0.4, 0.5) is 0 Å². The lowest BCUT2D eigenvalue weighted by atomic mass is 9.89. The summed E-state index contributed by atoms with van der Waals surface area (Å²) in [5.74, 6) is 0.915. The molecule has 0 aliphatic carbocycles. The molecule has 0 aliphatic rings. The van der Waals surface area contributed by atoms with Crippen molar-refractivity contribution in [2.75, 3.05) is 7.11 Å². The minimum absolute atomic E-state index is 0.915. The van der Waals surface area contributed by atoms with Crippen LogP contribution in [0.15, 0.2) is 42.5 Å². The zero-order chi connectivity index (χ0) is 15.8. The molecule has 1 nitrogen and oxygen atoms in total. The predicted molar refractivity (Wildman–Crippen MR) is 93.9 cm³/mol. The Hall–Kier alpha value is -1.76. The van der Waals surface area contributed by atoms with E-state index in [1.54, 1.807) is 7.11 Å². The fraction of sp³-hybridized carbons (Fsp3) is 0.400. The molecule has 1 aromatic carbocycles. The Bertz CT molecular complexity index is 524. The van der Waals surface area contributed by atoms with Crippen molar-refractivity contribution in [1.82, 2.24) is 0 Å². The van der Waals surface area contributed by atoms with E-state index in [0.29, 0.717) is 0 Å². The SMILES string of the molecule is C=C(CCC)C(=CC=CCC)c1c(C)cc(OC)cc1C. The van der Waals surface area contributed by atoms with Gasteiger partial charge >= 0.3 is 0 Å². The average Bonchev–Trinajstić information content (AvgIpc) is 2.45. The van der Waals surface area contributed by atoms with Crippen LogP contribution in [0.1, 0.15) is 49.8 Å². The molecule has 0 saturated heterocycles. The molecular weight excluding hydrogens is 256 g/mol. The average molecular weight is 284 g/mol. The molecule has 0 fully saturated rings. The van der Waals surface area contributed by atoms with Crippen molar-refractivity contribution in [2.24, 2.45) is 0 Å². The number of ether oxygens (including phenoxy) is 1. The second-order valence-corrected chi connectivity index (χ2v) is 5.41. The van der Waals surface area contributed by atoms with E-state index < -0.39 is 0 Å². The van der Waals surface area contributed by atoms with Crippen LogP contribution in [0.5, 0.6) is 5.75 Å². The largest absolute Gasteiger partial charge is 0.497 e.